The molecule has 0 saturated carbocycles. The molecule has 0 radical (unpaired) electrons. The molecule has 0 amide bonds. The Bertz CT molecular complexity index is 530. The van der Waals surface area contributed by atoms with E-state index in [2.05, 4.69) is 15.2 Å². The monoisotopic (exact) mass is 451 g/mol. The van der Waals surface area contributed by atoms with Crippen molar-refractivity contribution in [1.29, 1.82) is 0 Å². The average molecular weight is 451 g/mol. The molecule has 1 aromatic carbocycles. The number of aliphatic imine (C=N–C) groups is 1. The number of methoxy groups -OCH3 is 1. The third-order valence-electron chi connectivity index (χ3n) is 3.91. The van der Waals surface area contributed by atoms with Gasteiger partial charge in [-0.1, -0.05) is 12.1 Å². The second kappa shape index (κ2) is 10.7. The van der Waals surface area contributed by atoms with Gasteiger partial charge in [-0.2, -0.15) is 0 Å². The number of likely N-dealkylation sites (tertiary alicyclic amines) is 1. The highest BCUT2D eigenvalue weighted by atomic mass is 127. The lowest BCUT2D eigenvalue weighted by Crippen LogP contribution is -2.43. The topological polar surface area (TPSA) is 46.1 Å². The average Bonchev–Trinajstić information content (AvgIpc) is 2.99. The smallest absolute Gasteiger partial charge is 0.193 e. The first-order valence-corrected chi connectivity index (χ1v) is 7.99. The second-order valence-corrected chi connectivity index (χ2v) is 5.84. The molecule has 1 N–H and O–H groups in total. The fourth-order valence-electron chi connectivity index (χ4n) is 2.76. The van der Waals surface area contributed by atoms with Gasteiger partial charge in [0.05, 0.1) is 13.2 Å². The molecule has 2 unspecified atom stereocenters. The molecule has 5 nitrogen and oxygen atoms in total. The van der Waals surface area contributed by atoms with Crippen LogP contribution >= 0.6 is 24.0 Å². The molecular weight excluding hydrogens is 424 g/mol. The van der Waals surface area contributed by atoms with Gasteiger partial charge in [-0.05, 0) is 25.5 Å². The van der Waals surface area contributed by atoms with Gasteiger partial charge in [-0.3, -0.25) is 4.99 Å². The van der Waals surface area contributed by atoms with Gasteiger partial charge in [0.1, 0.15) is 6.10 Å². The molecule has 2 atom stereocenters. The zero-order valence-corrected chi connectivity index (χ0v) is 16.8. The van der Waals surface area contributed by atoms with Crippen molar-refractivity contribution >= 4 is 29.9 Å². The summed E-state index contributed by atoms with van der Waals surface area (Å²) in [6, 6.07) is 6.44. The van der Waals surface area contributed by atoms with E-state index in [-0.39, 0.29) is 41.6 Å². The maximum absolute atomic E-state index is 13.6. The van der Waals surface area contributed by atoms with Gasteiger partial charge >= 0.3 is 0 Å². The predicted molar refractivity (Wildman–Crippen MR) is 105 cm³/mol. The molecule has 7 heteroatoms. The Morgan fingerprint density at radius 1 is 1.46 bits per heavy atom. The molecule has 1 saturated heterocycles. The summed E-state index contributed by atoms with van der Waals surface area (Å²) in [6.45, 7) is 5.16. The molecule has 1 heterocycles. The number of para-hydroxylation sites is 1. The molecule has 136 valence electrons. The molecule has 1 aromatic rings. The standard InChI is InChI=1S/C17H26FN3O2.HI/c1-13(23-16-7-5-4-6-15(16)18)10-20-17(19-2)21-9-8-14(11-21)12-22-3;/h4-7,13-14H,8-12H2,1-3H3,(H,19,20);1H. The number of ether oxygens (including phenoxy) is 2. The number of halogens is 2. The lowest BCUT2D eigenvalue weighted by Gasteiger charge is -2.23. The summed E-state index contributed by atoms with van der Waals surface area (Å²) in [6.07, 6.45) is 0.941. The molecule has 2 rings (SSSR count). The summed E-state index contributed by atoms with van der Waals surface area (Å²) < 4.78 is 24.4. The summed E-state index contributed by atoms with van der Waals surface area (Å²) in [5.41, 5.74) is 0. The largest absolute Gasteiger partial charge is 0.486 e. The summed E-state index contributed by atoms with van der Waals surface area (Å²) in [5.74, 6) is 1.34. The first-order chi connectivity index (χ1) is 11.1. The molecular formula is C17H27FIN3O2. The van der Waals surface area contributed by atoms with Crippen molar-refractivity contribution < 1.29 is 13.9 Å². The van der Waals surface area contributed by atoms with Crippen LogP contribution in [0.15, 0.2) is 29.3 Å². The van der Waals surface area contributed by atoms with Crippen molar-refractivity contribution in [2.24, 2.45) is 10.9 Å². The van der Waals surface area contributed by atoms with Crippen LogP contribution in [0.25, 0.3) is 0 Å². The van der Waals surface area contributed by atoms with Gasteiger partial charge < -0.3 is 19.7 Å². The van der Waals surface area contributed by atoms with Crippen LogP contribution in [0.5, 0.6) is 5.75 Å². The SMILES string of the molecule is CN=C(NCC(C)Oc1ccccc1F)N1CCC(COC)C1.I. The van der Waals surface area contributed by atoms with E-state index in [4.69, 9.17) is 9.47 Å². The Kier molecular flexibility index (Phi) is 9.35. The first-order valence-electron chi connectivity index (χ1n) is 7.99. The number of nitrogens with one attached hydrogen (secondary N) is 1. The Morgan fingerprint density at radius 3 is 2.88 bits per heavy atom. The molecule has 1 aliphatic rings. The minimum Gasteiger partial charge on any atom is -0.486 e. The predicted octanol–water partition coefficient (Wildman–Crippen LogP) is 2.75. The summed E-state index contributed by atoms with van der Waals surface area (Å²) >= 11 is 0. The second-order valence-electron chi connectivity index (χ2n) is 5.84. The molecule has 0 aromatic heterocycles. The van der Waals surface area contributed by atoms with E-state index < -0.39 is 0 Å². The lowest BCUT2D eigenvalue weighted by molar-refractivity contribution is 0.157. The Balaban J connectivity index is 0.00000288. The van der Waals surface area contributed by atoms with Gasteiger partial charge in [0.15, 0.2) is 17.5 Å². The maximum Gasteiger partial charge on any atom is 0.193 e. The van der Waals surface area contributed by atoms with E-state index >= 15 is 0 Å². The van der Waals surface area contributed by atoms with Crippen LogP contribution in [-0.4, -0.2) is 57.4 Å². The van der Waals surface area contributed by atoms with Crippen LogP contribution in [0.2, 0.25) is 0 Å². The third kappa shape index (κ3) is 6.08. The van der Waals surface area contributed by atoms with Crippen LogP contribution in [0, 0.1) is 11.7 Å². The number of benzene rings is 1. The molecule has 0 bridgehead atoms. The molecule has 1 fully saturated rings. The molecule has 1 aliphatic heterocycles. The minimum absolute atomic E-state index is 0. The maximum atomic E-state index is 13.6. The molecule has 0 spiro atoms. The number of guanidine groups is 1. The van der Waals surface area contributed by atoms with Crippen LogP contribution in [-0.2, 0) is 4.74 Å². The molecule has 0 aliphatic carbocycles. The van der Waals surface area contributed by atoms with Crippen LogP contribution in [0.1, 0.15) is 13.3 Å². The fourth-order valence-corrected chi connectivity index (χ4v) is 2.76. The lowest BCUT2D eigenvalue weighted by atomic mass is 10.1. The van der Waals surface area contributed by atoms with Gasteiger partial charge in [0.2, 0.25) is 0 Å². The van der Waals surface area contributed by atoms with Crippen molar-refractivity contribution in [2.75, 3.05) is 40.4 Å². The minimum atomic E-state index is -0.342. The number of hydrogen-bond acceptors (Lipinski definition) is 3. The Morgan fingerprint density at radius 2 is 2.21 bits per heavy atom. The van der Waals surface area contributed by atoms with Gasteiger partial charge in [-0.15, -0.1) is 24.0 Å². The van der Waals surface area contributed by atoms with Gasteiger partial charge in [0, 0.05) is 33.2 Å². The van der Waals surface area contributed by atoms with E-state index in [1.54, 1.807) is 32.4 Å². The quantitative estimate of drug-likeness (QED) is 0.411. The third-order valence-corrected chi connectivity index (χ3v) is 3.91. The first kappa shape index (κ1) is 21.0. The van der Waals surface area contributed by atoms with Gasteiger partial charge in [-0.25, -0.2) is 4.39 Å². The zero-order valence-electron chi connectivity index (χ0n) is 14.5. The van der Waals surface area contributed by atoms with E-state index in [1.807, 2.05) is 6.92 Å². The van der Waals surface area contributed by atoms with Crippen LogP contribution < -0.4 is 10.1 Å². The fraction of sp³-hybridized carbons (Fsp3) is 0.588. The van der Waals surface area contributed by atoms with Crippen LogP contribution in [0.4, 0.5) is 4.39 Å². The highest BCUT2D eigenvalue weighted by Gasteiger charge is 2.24. The summed E-state index contributed by atoms with van der Waals surface area (Å²) in [4.78, 5) is 6.54. The van der Waals surface area contributed by atoms with E-state index in [0.29, 0.717) is 12.5 Å². The highest BCUT2D eigenvalue weighted by Crippen LogP contribution is 2.18. The normalized spacial score (nSPS) is 18.9. The van der Waals surface area contributed by atoms with E-state index in [1.165, 1.54) is 6.07 Å². The van der Waals surface area contributed by atoms with Crippen LogP contribution in [0.3, 0.4) is 0 Å². The Labute approximate surface area is 160 Å². The van der Waals surface area contributed by atoms with Gasteiger partial charge in [0.25, 0.3) is 0 Å². The molecule has 24 heavy (non-hydrogen) atoms. The number of hydrogen-bond donors (Lipinski definition) is 1. The van der Waals surface area contributed by atoms with Crippen molar-refractivity contribution in [1.82, 2.24) is 10.2 Å². The van der Waals surface area contributed by atoms with Crippen molar-refractivity contribution in [2.45, 2.75) is 19.4 Å². The summed E-state index contributed by atoms with van der Waals surface area (Å²) in [7, 11) is 3.51. The van der Waals surface area contributed by atoms with Crippen molar-refractivity contribution in [3.05, 3.63) is 30.1 Å². The Hall–Kier alpha value is -1.09. The van der Waals surface area contributed by atoms with Crippen molar-refractivity contribution in [3.8, 4) is 5.75 Å². The zero-order chi connectivity index (χ0) is 16.7. The number of rotatable bonds is 6. The summed E-state index contributed by atoms with van der Waals surface area (Å²) in [5, 5.41) is 3.30. The van der Waals surface area contributed by atoms with Crippen molar-refractivity contribution in [3.63, 3.8) is 0 Å². The highest BCUT2D eigenvalue weighted by molar-refractivity contribution is 14.0. The number of nitrogens with zero attached hydrogens (tertiary/aromatic N) is 2. The van der Waals surface area contributed by atoms with E-state index in [9.17, 15) is 4.39 Å². The van der Waals surface area contributed by atoms with E-state index in [0.717, 1.165) is 32.1 Å².